The minimum Gasteiger partial charge on any atom is -0.393 e. The molecule has 0 radical (unpaired) electrons. The van der Waals surface area contributed by atoms with E-state index in [1.807, 2.05) is 19.1 Å². The number of benzene rings is 1. The Morgan fingerprint density at radius 2 is 2.00 bits per heavy atom. The second-order valence-corrected chi connectivity index (χ2v) is 5.82. The summed E-state index contributed by atoms with van der Waals surface area (Å²) >= 11 is 5.00. The van der Waals surface area contributed by atoms with Crippen LogP contribution in [0, 0.1) is 6.92 Å². The van der Waals surface area contributed by atoms with Crippen LogP contribution in [0.15, 0.2) is 24.3 Å². The predicted molar refractivity (Wildman–Crippen MR) is 86.0 cm³/mol. The minimum absolute atomic E-state index is 0.556. The maximum Gasteiger partial charge on any atom is 0.159 e. The summed E-state index contributed by atoms with van der Waals surface area (Å²) in [6, 6.07) is 8.86. The van der Waals surface area contributed by atoms with E-state index in [0.29, 0.717) is 11.0 Å². The fraction of sp³-hybridized carbons (Fsp3) is 0.400. The van der Waals surface area contributed by atoms with Crippen molar-refractivity contribution >= 4 is 33.8 Å². The van der Waals surface area contributed by atoms with Crippen LogP contribution in [-0.4, -0.2) is 27.8 Å². The maximum atomic E-state index is 5.64. The Kier molecular flexibility index (Phi) is 3.53. The van der Waals surface area contributed by atoms with Gasteiger partial charge < -0.3 is 10.6 Å². The number of fused-ring (bicyclic) bond motifs is 1. The first-order valence-corrected chi connectivity index (χ1v) is 7.34. The monoisotopic (exact) mass is 286 g/mol. The third-order valence-electron chi connectivity index (χ3n) is 3.71. The Labute approximate surface area is 124 Å². The van der Waals surface area contributed by atoms with Gasteiger partial charge in [-0.2, -0.15) is 5.10 Å². The van der Waals surface area contributed by atoms with Crippen molar-refractivity contribution in [3.8, 4) is 0 Å². The van der Waals surface area contributed by atoms with Crippen molar-refractivity contribution < 1.29 is 0 Å². The number of aromatic nitrogens is 2. The molecule has 0 amide bonds. The Morgan fingerprint density at radius 1 is 1.30 bits per heavy atom. The highest BCUT2D eigenvalue weighted by Crippen LogP contribution is 2.34. The van der Waals surface area contributed by atoms with E-state index < -0.39 is 0 Å². The lowest BCUT2D eigenvalue weighted by Crippen LogP contribution is -2.30. The molecule has 1 heterocycles. The Hall–Kier alpha value is -1.75. The van der Waals surface area contributed by atoms with E-state index in [0.717, 1.165) is 29.9 Å². The molecule has 0 atom stereocenters. The van der Waals surface area contributed by atoms with Crippen molar-refractivity contribution in [1.29, 1.82) is 0 Å². The normalized spacial score (nSPS) is 14.4. The zero-order chi connectivity index (χ0) is 14.1. The predicted octanol–water partition coefficient (Wildman–Crippen LogP) is 2.58. The molecular formula is C15H18N4S. The Morgan fingerprint density at radius 3 is 2.65 bits per heavy atom. The van der Waals surface area contributed by atoms with Crippen LogP contribution in [0.2, 0.25) is 0 Å². The largest absolute Gasteiger partial charge is 0.393 e. The van der Waals surface area contributed by atoms with Crippen LogP contribution >= 0.6 is 12.2 Å². The van der Waals surface area contributed by atoms with E-state index in [1.165, 1.54) is 18.2 Å². The van der Waals surface area contributed by atoms with Gasteiger partial charge in [-0.05, 0) is 19.8 Å². The fourth-order valence-corrected chi connectivity index (χ4v) is 2.61. The summed E-state index contributed by atoms with van der Waals surface area (Å²) in [5.74, 6) is 0.963. The van der Waals surface area contributed by atoms with Crippen LogP contribution in [0.3, 0.4) is 0 Å². The smallest absolute Gasteiger partial charge is 0.159 e. The molecule has 0 bridgehead atoms. The van der Waals surface area contributed by atoms with Crippen molar-refractivity contribution in [3.63, 3.8) is 0 Å². The van der Waals surface area contributed by atoms with Crippen molar-refractivity contribution in [3.05, 3.63) is 30.0 Å². The average Bonchev–Trinajstić information content (AvgIpc) is 3.26. The van der Waals surface area contributed by atoms with Crippen LogP contribution < -0.4 is 10.6 Å². The van der Waals surface area contributed by atoms with Gasteiger partial charge in [0.1, 0.15) is 0 Å². The summed E-state index contributed by atoms with van der Waals surface area (Å²) in [4.78, 5) is 2.87. The van der Waals surface area contributed by atoms with Crippen LogP contribution in [0.4, 0.5) is 5.82 Å². The zero-order valence-corrected chi connectivity index (χ0v) is 12.4. The van der Waals surface area contributed by atoms with Gasteiger partial charge in [0.25, 0.3) is 0 Å². The van der Waals surface area contributed by atoms with Crippen LogP contribution in [0.1, 0.15) is 25.0 Å². The lowest BCUT2D eigenvalue weighted by atomic mass is 10.1. The number of aryl methyl sites for hydroxylation is 1. The highest BCUT2D eigenvalue weighted by molar-refractivity contribution is 7.80. The van der Waals surface area contributed by atoms with Crippen molar-refractivity contribution in [2.24, 2.45) is 5.73 Å². The van der Waals surface area contributed by atoms with Crippen molar-refractivity contribution in [1.82, 2.24) is 10.2 Å². The number of nitrogens with zero attached hydrogens (tertiary/aromatic N) is 3. The third kappa shape index (κ3) is 2.58. The molecule has 4 nitrogen and oxygen atoms in total. The molecule has 3 rings (SSSR count). The lowest BCUT2D eigenvalue weighted by molar-refractivity contribution is 0.775. The average molecular weight is 286 g/mol. The van der Waals surface area contributed by atoms with Gasteiger partial charge in [-0.1, -0.05) is 36.5 Å². The van der Waals surface area contributed by atoms with Crippen LogP contribution in [0.5, 0.6) is 0 Å². The van der Waals surface area contributed by atoms with E-state index >= 15 is 0 Å². The van der Waals surface area contributed by atoms with Gasteiger partial charge in [0.05, 0.1) is 10.7 Å². The van der Waals surface area contributed by atoms with Crippen molar-refractivity contribution in [2.45, 2.75) is 32.2 Å². The van der Waals surface area contributed by atoms with E-state index in [9.17, 15) is 0 Å². The molecule has 1 aliphatic carbocycles. The number of anilines is 1. The molecule has 0 aliphatic heterocycles. The zero-order valence-electron chi connectivity index (χ0n) is 11.5. The molecule has 1 fully saturated rings. The summed E-state index contributed by atoms with van der Waals surface area (Å²) in [5, 5.41) is 11.1. The summed E-state index contributed by atoms with van der Waals surface area (Å²) < 4.78 is 0. The number of rotatable bonds is 5. The molecule has 104 valence electrons. The van der Waals surface area contributed by atoms with Gasteiger partial charge in [-0.3, -0.25) is 0 Å². The van der Waals surface area contributed by atoms with Gasteiger partial charge in [0.15, 0.2) is 5.82 Å². The molecule has 5 heteroatoms. The van der Waals surface area contributed by atoms with Gasteiger partial charge in [-0.25, -0.2) is 0 Å². The van der Waals surface area contributed by atoms with E-state index in [-0.39, 0.29) is 0 Å². The number of hydrogen-bond donors (Lipinski definition) is 1. The third-order valence-corrected chi connectivity index (χ3v) is 3.92. The Balaban J connectivity index is 2.02. The first-order valence-electron chi connectivity index (χ1n) is 6.94. The molecule has 1 saturated carbocycles. The van der Waals surface area contributed by atoms with E-state index in [1.54, 1.807) is 0 Å². The topological polar surface area (TPSA) is 55.0 Å². The number of nitrogens with two attached hydrogens (primary N) is 1. The van der Waals surface area contributed by atoms with Crippen LogP contribution in [-0.2, 0) is 0 Å². The summed E-state index contributed by atoms with van der Waals surface area (Å²) in [6.45, 7) is 2.82. The SMILES string of the molecule is Cc1nnc(N(CCC(N)=S)C2CC2)c2ccccc12. The van der Waals surface area contributed by atoms with Gasteiger partial charge in [0.2, 0.25) is 0 Å². The molecule has 1 aromatic heterocycles. The standard InChI is InChI=1S/C15H18N4S/c1-10-12-4-2-3-5-13(12)15(18-17-10)19(11-6-7-11)9-8-14(16)20/h2-5,11H,6-9H2,1H3,(H2,16,20). The molecule has 1 aromatic carbocycles. The van der Waals surface area contributed by atoms with E-state index in [2.05, 4.69) is 27.2 Å². The molecule has 0 spiro atoms. The number of hydrogen-bond acceptors (Lipinski definition) is 4. The first-order chi connectivity index (χ1) is 9.66. The lowest BCUT2D eigenvalue weighted by Gasteiger charge is -2.24. The maximum absolute atomic E-state index is 5.64. The highest BCUT2D eigenvalue weighted by atomic mass is 32.1. The van der Waals surface area contributed by atoms with Crippen LogP contribution in [0.25, 0.3) is 10.8 Å². The van der Waals surface area contributed by atoms with Gasteiger partial charge in [-0.15, -0.1) is 5.10 Å². The van der Waals surface area contributed by atoms with E-state index in [4.69, 9.17) is 18.0 Å². The van der Waals surface area contributed by atoms with Gasteiger partial charge in [0, 0.05) is 29.8 Å². The summed E-state index contributed by atoms with van der Waals surface area (Å²) in [5.41, 5.74) is 6.61. The quantitative estimate of drug-likeness (QED) is 0.856. The number of thiocarbonyl (C=S) groups is 1. The minimum atomic E-state index is 0.556. The summed E-state index contributed by atoms with van der Waals surface area (Å²) in [7, 11) is 0. The molecule has 2 aromatic rings. The molecule has 20 heavy (non-hydrogen) atoms. The van der Waals surface area contributed by atoms with Crippen molar-refractivity contribution in [2.75, 3.05) is 11.4 Å². The van der Waals surface area contributed by atoms with Gasteiger partial charge >= 0.3 is 0 Å². The highest BCUT2D eigenvalue weighted by Gasteiger charge is 2.31. The molecule has 2 N–H and O–H groups in total. The summed E-state index contributed by atoms with van der Waals surface area (Å²) in [6.07, 6.45) is 3.14. The molecule has 1 aliphatic rings. The first kappa shape index (κ1) is 13.2. The molecular weight excluding hydrogens is 268 g/mol. The second kappa shape index (κ2) is 5.32. The molecule has 0 saturated heterocycles. The molecule has 0 unspecified atom stereocenters. The fourth-order valence-electron chi connectivity index (χ4n) is 2.51. The second-order valence-electron chi connectivity index (χ2n) is 5.30. The Bertz CT molecular complexity index is 651.